The van der Waals surface area contributed by atoms with E-state index < -0.39 is 15.9 Å². The van der Waals surface area contributed by atoms with E-state index in [4.69, 9.17) is 10.1 Å². The van der Waals surface area contributed by atoms with Crippen molar-refractivity contribution in [3.8, 4) is 0 Å². The van der Waals surface area contributed by atoms with Crippen LogP contribution in [0.25, 0.3) is 11.0 Å². The first-order valence-corrected chi connectivity index (χ1v) is 14.5. The van der Waals surface area contributed by atoms with Crippen LogP contribution in [-0.4, -0.2) is 49.2 Å². The van der Waals surface area contributed by atoms with Gasteiger partial charge in [0.25, 0.3) is 10.0 Å². The molecule has 0 saturated heterocycles. The molecule has 0 unspecified atom stereocenters. The van der Waals surface area contributed by atoms with Gasteiger partial charge in [0.05, 0.1) is 28.2 Å². The van der Waals surface area contributed by atoms with Crippen LogP contribution in [0.1, 0.15) is 57.8 Å². The van der Waals surface area contributed by atoms with Crippen molar-refractivity contribution in [2.45, 2.75) is 75.8 Å². The van der Waals surface area contributed by atoms with Gasteiger partial charge < -0.3 is 15.0 Å². The third-order valence-electron chi connectivity index (χ3n) is 7.24. The average molecular weight is 549 g/mol. The predicted octanol–water partition coefficient (Wildman–Crippen LogP) is 5.07. The van der Waals surface area contributed by atoms with Crippen LogP contribution in [0, 0.1) is 5.92 Å². The SMILES string of the molecule is CN(c1ccc2c(c1)nc(C(C)(C)C)n2CC1CCC(F)(F)CC1)S(=O)(=O)c1ccc(CNCCO)cc1. The van der Waals surface area contributed by atoms with Crippen LogP contribution in [0.15, 0.2) is 47.4 Å². The standard InChI is InChI=1S/C28H38F2N4O3S/c1-27(2,3)26-32-24-17-22(7-10-25(24)34(26)19-21-11-13-28(29,30)14-12-21)33(4)38(36,37)23-8-5-20(6-9-23)18-31-15-16-35/h5-10,17,21,31,35H,11-16,18-19H2,1-4H3. The molecule has 0 spiro atoms. The van der Waals surface area contributed by atoms with E-state index in [1.165, 1.54) is 11.4 Å². The first-order chi connectivity index (χ1) is 17.8. The highest BCUT2D eigenvalue weighted by atomic mass is 32.2. The Bertz CT molecular complexity index is 1360. The number of aromatic nitrogens is 2. The molecule has 0 aliphatic heterocycles. The van der Waals surface area contributed by atoms with E-state index in [0.717, 1.165) is 16.9 Å². The zero-order valence-corrected chi connectivity index (χ0v) is 23.4. The van der Waals surface area contributed by atoms with E-state index in [9.17, 15) is 17.2 Å². The number of nitrogens with one attached hydrogen (secondary N) is 1. The summed E-state index contributed by atoms with van der Waals surface area (Å²) in [7, 11) is -2.28. The Hall–Kier alpha value is -2.56. The number of imidazole rings is 1. The Kier molecular flexibility index (Phi) is 8.16. The third kappa shape index (κ3) is 6.18. The summed E-state index contributed by atoms with van der Waals surface area (Å²) >= 11 is 0. The van der Waals surface area contributed by atoms with Crippen molar-refractivity contribution >= 4 is 26.7 Å². The molecule has 4 rings (SSSR count). The van der Waals surface area contributed by atoms with Crippen LogP contribution < -0.4 is 9.62 Å². The number of nitrogens with zero attached hydrogens (tertiary/aromatic N) is 3. The van der Waals surface area contributed by atoms with Gasteiger partial charge in [-0.25, -0.2) is 22.2 Å². The summed E-state index contributed by atoms with van der Waals surface area (Å²) in [6, 6.07) is 12.1. The van der Waals surface area contributed by atoms with Gasteiger partial charge in [-0.05, 0) is 54.7 Å². The number of rotatable bonds is 9. The lowest BCUT2D eigenvalue weighted by Crippen LogP contribution is -2.28. The van der Waals surface area contributed by atoms with Crippen LogP contribution in [-0.2, 0) is 28.5 Å². The lowest BCUT2D eigenvalue weighted by Gasteiger charge is -2.30. The van der Waals surface area contributed by atoms with Crippen molar-refractivity contribution in [1.29, 1.82) is 0 Å². The Balaban J connectivity index is 1.60. The molecule has 0 atom stereocenters. The van der Waals surface area contributed by atoms with E-state index in [-0.39, 0.29) is 35.7 Å². The largest absolute Gasteiger partial charge is 0.395 e. The molecule has 1 fully saturated rings. The molecule has 208 valence electrons. The molecule has 2 N–H and O–H groups in total. The second kappa shape index (κ2) is 10.9. The minimum atomic E-state index is -3.80. The van der Waals surface area contributed by atoms with Gasteiger partial charge in [0, 0.05) is 44.9 Å². The zero-order chi connectivity index (χ0) is 27.7. The van der Waals surface area contributed by atoms with E-state index >= 15 is 0 Å². The van der Waals surface area contributed by atoms with Gasteiger partial charge in [0.15, 0.2) is 0 Å². The maximum Gasteiger partial charge on any atom is 0.264 e. The van der Waals surface area contributed by atoms with Gasteiger partial charge in [-0.2, -0.15) is 0 Å². The van der Waals surface area contributed by atoms with E-state index in [1.54, 1.807) is 36.4 Å². The Morgan fingerprint density at radius 3 is 2.39 bits per heavy atom. The molecular weight excluding hydrogens is 510 g/mol. The quantitative estimate of drug-likeness (QED) is 0.365. The zero-order valence-electron chi connectivity index (χ0n) is 22.5. The molecule has 1 heterocycles. The highest BCUT2D eigenvalue weighted by Gasteiger charge is 2.36. The molecule has 7 nitrogen and oxygen atoms in total. The number of aliphatic hydroxyl groups excluding tert-OH is 1. The van der Waals surface area contributed by atoms with Gasteiger partial charge >= 0.3 is 0 Å². The first kappa shape index (κ1) is 28.4. The van der Waals surface area contributed by atoms with Gasteiger partial charge in [-0.15, -0.1) is 0 Å². The van der Waals surface area contributed by atoms with Gasteiger partial charge in [0.1, 0.15) is 5.82 Å². The molecule has 3 aromatic rings. The van der Waals surface area contributed by atoms with Crippen molar-refractivity contribution in [3.05, 3.63) is 53.9 Å². The molecule has 10 heteroatoms. The number of fused-ring (bicyclic) bond motifs is 1. The fourth-order valence-corrected chi connectivity index (χ4v) is 6.19. The topological polar surface area (TPSA) is 87.5 Å². The summed E-state index contributed by atoms with van der Waals surface area (Å²) in [5, 5.41) is 12.0. The Morgan fingerprint density at radius 1 is 1.13 bits per heavy atom. The average Bonchev–Trinajstić information content (AvgIpc) is 3.23. The molecule has 1 saturated carbocycles. The lowest BCUT2D eigenvalue weighted by molar-refractivity contribution is -0.0473. The number of halogens is 2. The number of hydrogen-bond donors (Lipinski definition) is 2. The predicted molar refractivity (Wildman–Crippen MR) is 146 cm³/mol. The number of benzene rings is 2. The van der Waals surface area contributed by atoms with E-state index in [2.05, 4.69) is 30.7 Å². The summed E-state index contributed by atoms with van der Waals surface area (Å²) in [6.07, 6.45) is 0.793. The number of hydrogen-bond acceptors (Lipinski definition) is 5. The third-order valence-corrected chi connectivity index (χ3v) is 9.04. The van der Waals surface area contributed by atoms with Crippen LogP contribution in [0.5, 0.6) is 0 Å². The summed E-state index contributed by atoms with van der Waals surface area (Å²) in [4.78, 5) is 5.07. The maximum absolute atomic E-state index is 13.7. The van der Waals surface area contributed by atoms with Crippen molar-refractivity contribution < 1.29 is 22.3 Å². The molecule has 0 bridgehead atoms. The van der Waals surface area contributed by atoms with Crippen molar-refractivity contribution in [2.24, 2.45) is 5.92 Å². The van der Waals surface area contributed by atoms with Gasteiger partial charge in [0.2, 0.25) is 5.92 Å². The summed E-state index contributed by atoms with van der Waals surface area (Å²) in [5.74, 6) is -1.56. The highest BCUT2D eigenvalue weighted by Crippen LogP contribution is 2.38. The van der Waals surface area contributed by atoms with E-state index in [0.29, 0.717) is 43.7 Å². The second-order valence-electron chi connectivity index (χ2n) is 11.3. The van der Waals surface area contributed by atoms with Crippen LogP contribution in [0.3, 0.4) is 0 Å². The van der Waals surface area contributed by atoms with Crippen molar-refractivity contribution in [2.75, 3.05) is 24.5 Å². The van der Waals surface area contributed by atoms with Crippen molar-refractivity contribution in [3.63, 3.8) is 0 Å². The molecular formula is C28H38F2N4O3S. The molecule has 1 aromatic heterocycles. The van der Waals surface area contributed by atoms with Crippen LogP contribution >= 0.6 is 0 Å². The minimum Gasteiger partial charge on any atom is -0.395 e. The lowest BCUT2D eigenvalue weighted by atomic mass is 9.86. The maximum atomic E-state index is 13.7. The normalized spacial score (nSPS) is 16.7. The number of aliphatic hydroxyl groups is 1. The number of sulfonamides is 1. The molecule has 38 heavy (non-hydrogen) atoms. The molecule has 1 aliphatic carbocycles. The van der Waals surface area contributed by atoms with E-state index in [1.807, 2.05) is 6.07 Å². The van der Waals surface area contributed by atoms with Crippen LogP contribution in [0.4, 0.5) is 14.5 Å². The minimum absolute atomic E-state index is 0.0383. The molecule has 0 radical (unpaired) electrons. The Labute approximate surface area is 223 Å². The van der Waals surface area contributed by atoms with Gasteiger partial charge in [-0.3, -0.25) is 4.31 Å². The van der Waals surface area contributed by atoms with Crippen molar-refractivity contribution in [1.82, 2.24) is 14.9 Å². The summed E-state index contributed by atoms with van der Waals surface area (Å²) in [5.41, 5.74) is 2.70. The second-order valence-corrected chi connectivity index (χ2v) is 13.3. The monoisotopic (exact) mass is 548 g/mol. The highest BCUT2D eigenvalue weighted by molar-refractivity contribution is 7.92. The first-order valence-electron chi connectivity index (χ1n) is 13.1. The number of alkyl halides is 2. The number of anilines is 1. The van der Waals surface area contributed by atoms with Crippen LogP contribution in [0.2, 0.25) is 0 Å². The fourth-order valence-electron chi connectivity index (χ4n) is 5.00. The fraction of sp³-hybridized carbons (Fsp3) is 0.536. The smallest absolute Gasteiger partial charge is 0.264 e. The molecule has 1 aliphatic rings. The Morgan fingerprint density at radius 2 is 1.79 bits per heavy atom. The molecule has 2 aromatic carbocycles. The summed E-state index contributed by atoms with van der Waals surface area (Å²) < 4.78 is 57.6. The summed E-state index contributed by atoms with van der Waals surface area (Å²) in [6.45, 7) is 7.87. The van der Waals surface area contributed by atoms with Gasteiger partial charge in [-0.1, -0.05) is 32.9 Å². The molecule has 0 amide bonds.